The minimum atomic E-state index is -0.890. The third kappa shape index (κ3) is 11.3. The predicted octanol–water partition coefficient (Wildman–Crippen LogP) is 7.43. The molecule has 2 aromatic carbocycles. The fourth-order valence-corrected chi connectivity index (χ4v) is 4.76. The Labute approximate surface area is 253 Å². The van der Waals surface area contributed by atoms with E-state index in [1.54, 1.807) is 31.7 Å². The van der Waals surface area contributed by atoms with E-state index in [9.17, 15) is 14.4 Å². The van der Waals surface area contributed by atoms with E-state index >= 15 is 0 Å². The van der Waals surface area contributed by atoms with Gasteiger partial charge in [-0.25, -0.2) is 4.79 Å². The van der Waals surface area contributed by atoms with Crippen LogP contribution in [-0.2, 0) is 20.9 Å². The van der Waals surface area contributed by atoms with E-state index in [4.69, 9.17) is 4.74 Å². The molecule has 0 saturated carbocycles. The highest BCUT2D eigenvalue weighted by molar-refractivity contribution is 5.92. The van der Waals surface area contributed by atoms with Crippen LogP contribution in [0.5, 0.6) is 0 Å². The second-order valence-corrected chi connectivity index (χ2v) is 11.9. The molecule has 0 aliphatic carbocycles. The van der Waals surface area contributed by atoms with E-state index in [2.05, 4.69) is 24.1 Å². The van der Waals surface area contributed by atoms with Crippen molar-refractivity contribution in [3.05, 3.63) is 77.9 Å². The number of carbonyl (C=O) groups is 3. The minimum absolute atomic E-state index is 0.180. The zero-order valence-corrected chi connectivity index (χ0v) is 26.4. The minimum Gasteiger partial charge on any atom is -0.444 e. The zero-order valence-electron chi connectivity index (χ0n) is 26.4. The lowest BCUT2D eigenvalue weighted by molar-refractivity contribution is -0.143. The molecule has 0 spiro atoms. The molecule has 7 nitrogen and oxygen atoms in total. The topological polar surface area (TPSA) is 87.7 Å². The molecule has 3 unspecified atom stereocenters. The van der Waals surface area contributed by atoms with Gasteiger partial charge in [-0.3, -0.25) is 9.59 Å². The summed E-state index contributed by atoms with van der Waals surface area (Å²) in [6.07, 6.45) is 6.70. The van der Waals surface area contributed by atoms with Gasteiger partial charge < -0.3 is 20.3 Å². The van der Waals surface area contributed by atoms with Crippen molar-refractivity contribution >= 4 is 24.0 Å². The Kier molecular flexibility index (Phi) is 14.3. The monoisotopic (exact) mass is 577 g/mol. The Bertz CT molecular complexity index is 1140. The lowest BCUT2D eigenvalue weighted by atomic mass is 9.95. The zero-order chi connectivity index (χ0) is 31.1. The molecule has 0 aromatic heterocycles. The van der Waals surface area contributed by atoms with Crippen LogP contribution in [0.1, 0.15) is 103 Å². The van der Waals surface area contributed by atoms with Gasteiger partial charge in [0.2, 0.25) is 11.8 Å². The summed E-state index contributed by atoms with van der Waals surface area (Å²) in [7, 11) is 0. The highest BCUT2D eigenvalue weighted by Gasteiger charge is 2.38. The average molecular weight is 578 g/mol. The number of unbranched alkanes of at least 4 members (excludes halogenated alkanes) is 4. The van der Waals surface area contributed by atoms with E-state index < -0.39 is 23.8 Å². The van der Waals surface area contributed by atoms with Crippen LogP contribution in [0.25, 0.3) is 6.08 Å². The molecule has 0 aliphatic rings. The molecule has 7 heteroatoms. The van der Waals surface area contributed by atoms with Crippen molar-refractivity contribution in [2.24, 2.45) is 5.92 Å². The van der Waals surface area contributed by atoms with Crippen molar-refractivity contribution in [3.8, 4) is 0 Å². The van der Waals surface area contributed by atoms with Gasteiger partial charge in [-0.2, -0.15) is 0 Å². The van der Waals surface area contributed by atoms with Gasteiger partial charge in [-0.1, -0.05) is 114 Å². The maximum absolute atomic E-state index is 14.5. The molecule has 0 saturated heterocycles. The number of amides is 3. The molecule has 2 N–H and O–H groups in total. The van der Waals surface area contributed by atoms with E-state index in [1.165, 1.54) is 0 Å². The first-order chi connectivity index (χ1) is 20.0. The number of alkyl carbamates (subject to hydrolysis) is 1. The molecule has 3 atom stereocenters. The summed E-state index contributed by atoms with van der Waals surface area (Å²) in [6, 6.07) is 15.5. The summed E-state index contributed by atoms with van der Waals surface area (Å²) < 4.78 is 5.52. The van der Waals surface area contributed by atoms with Gasteiger partial charge in [-0.05, 0) is 55.9 Å². The second-order valence-electron chi connectivity index (χ2n) is 11.9. The summed E-state index contributed by atoms with van der Waals surface area (Å²) in [5.74, 6) is -0.753. The number of hydrogen-bond acceptors (Lipinski definition) is 4. The fourth-order valence-electron chi connectivity index (χ4n) is 4.76. The van der Waals surface area contributed by atoms with Crippen LogP contribution in [-0.4, -0.2) is 41.0 Å². The lowest BCUT2D eigenvalue weighted by Gasteiger charge is -2.36. The molecule has 0 heterocycles. The normalized spacial score (nSPS) is 13.4. The van der Waals surface area contributed by atoms with Gasteiger partial charge in [0.1, 0.15) is 17.7 Å². The van der Waals surface area contributed by atoms with Crippen molar-refractivity contribution in [2.45, 2.75) is 104 Å². The number of benzene rings is 2. The first-order valence-corrected chi connectivity index (χ1v) is 15.3. The number of carbonyl (C=O) groups excluding carboxylic acids is 3. The highest BCUT2D eigenvalue weighted by Crippen LogP contribution is 2.27. The van der Waals surface area contributed by atoms with Gasteiger partial charge in [0.15, 0.2) is 0 Å². The van der Waals surface area contributed by atoms with Gasteiger partial charge in [0, 0.05) is 13.1 Å². The molecule has 0 fully saturated rings. The quantitative estimate of drug-likeness (QED) is 0.203. The SMILES string of the molecule is C=Cc1cccc(C(C(=O)NCc2ccccc2)N(CCCCCCC)C(=O)C(NC(=O)OC(C)(C)C)C(C)CC)c1. The van der Waals surface area contributed by atoms with Crippen LogP contribution in [0, 0.1) is 5.92 Å². The summed E-state index contributed by atoms with van der Waals surface area (Å²) in [6.45, 7) is 16.0. The average Bonchev–Trinajstić information content (AvgIpc) is 2.97. The van der Waals surface area contributed by atoms with E-state index in [0.29, 0.717) is 25.1 Å². The van der Waals surface area contributed by atoms with Crippen molar-refractivity contribution in [3.63, 3.8) is 0 Å². The Morgan fingerprint density at radius 1 is 0.976 bits per heavy atom. The van der Waals surface area contributed by atoms with Crippen molar-refractivity contribution in [2.75, 3.05) is 6.54 Å². The number of rotatable bonds is 16. The van der Waals surface area contributed by atoms with E-state index in [-0.39, 0.29) is 17.7 Å². The smallest absolute Gasteiger partial charge is 0.408 e. The molecule has 0 bridgehead atoms. The molecule has 2 rings (SSSR count). The third-order valence-corrected chi connectivity index (χ3v) is 7.27. The second kappa shape index (κ2) is 17.4. The molecule has 42 heavy (non-hydrogen) atoms. The summed E-state index contributed by atoms with van der Waals surface area (Å²) in [5.41, 5.74) is 1.80. The number of ether oxygens (including phenoxy) is 1. The maximum Gasteiger partial charge on any atom is 0.408 e. The van der Waals surface area contributed by atoms with Crippen molar-refractivity contribution in [1.82, 2.24) is 15.5 Å². The molecule has 230 valence electrons. The van der Waals surface area contributed by atoms with Gasteiger partial charge >= 0.3 is 6.09 Å². The largest absolute Gasteiger partial charge is 0.444 e. The Morgan fingerprint density at radius 2 is 1.67 bits per heavy atom. The first kappa shape index (κ1) is 34.6. The molecule has 0 radical (unpaired) electrons. The van der Waals surface area contributed by atoms with Crippen molar-refractivity contribution in [1.29, 1.82) is 0 Å². The lowest BCUT2D eigenvalue weighted by Crippen LogP contribution is -2.55. The summed E-state index contributed by atoms with van der Waals surface area (Å²) in [5, 5.41) is 5.91. The first-order valence-electron chi connectivity index (χ1n) is 15.3. The molecular weight excluding hydrogens is 526 g/mol. The van der Waals surface area contributed by atoms with Crippen molar-refractivity contribution < 1.29 is 19.1 Å². The highest BCUT2D eigenvalue weighted by atomic mass is 16.6. The van der Waals surface area contributed by atoms with Gasteiger partial charge in [-0.15, -0.1) is 0 Å². The summed E-state index contributed by atoms with van der Waals surface area (Å²) >= 11 is 0. The van der Waals surface area contributed by atoms with Crippen LogP contribution >= 0.6 is 0 Å². The fraction of sp³-hybridized carbons (Fsp3) is 0.514. The van der Waals surface area contributed by atoms with Crippen LogP contribution < -0.4 is 10.6 Å². The maximum atomic E-state index is 14.5. The molecule has 2 aromatic rings. The van der Waals surface area contributed by atoms with Crippen LogP contribution in [0.3, 0.4) is 0 Å². The van der Waals surface area contributed by atoms with Gasteiger partial charge in [0.05, 0.1) is 0 Å². The number of nitrogens with zero attached hydrogens (tertiary/aromatic N) is 1. The predicted molar refractivity (Wildman–Crippen MR) is 171 cm³/mol. The number of hydrogen-bond donors (Lipinski definition) is 2. The number of nitrogens with one attached hydrogen (secondary N) is 2. The molecule has 3 amide bonds. The Hall–Kier alpha value is -3.61. The van der Waals surface area contributed by atoms with Crippen LogP contribution in [0.15, 0.2) is 61.2 Å². The van der Waals surface area contributed by atoms with Gasteiger partial charge in [0.25, 0.3) is 0 Å². The Balaban J connectivity index is 2.52. The van der Waals surface area contributed by atoms with Crippen LogP contribution in [0.2, 0.25) is 0 Å². The van der Waals surface area contributed by atoms with Crippen LogP contribution in [0.4, 0.5) is 4.79 Å². The Morgan fingerprint density at radius 3 is 2.29 bits per heavy atom. The standard InChI is InChI=1S/C35H51N3O4/c1-8-11-12-13-17-23-38(33(40)30(26(4)9-2)37-34(41)42-35(5,6)7)31(29-22-18-21-27(10-3)24-29)32(39)36-25-28-19-15-14-16-20-28/h10,14-16,18-22,24,26,30-31H,3,8-9,11-13,17,23,25H2,1-2,4-7H3,(H,36,39)(H,37,41). The molecular formula is C35H51N3O4. The third-order valence-electron chi connectivity index (χ3n) is 7.27. The van der Waals surface area contributed by atoms with E-state index in [0.717, 1.165) is 43.2 Å². The van der Waals surface area contributed by atoms with E-state index in [1.807, 2.05) is 68.4 Å². The summed E-state index contributed by atoms with van der Waals surface area (Å²) in [4.78, 5) is 43.0. The molecule has 0 aliphatic heterocycles.